The van der Waals surface area contributed by atoms with Crippen LogP contribution in [0.5, 0.6) is 0 Å². The van der Waals surface area contributed by atoms with Crippen molar-refractivity contribution < 1.29 is 9.90 Å². The third kappa shape index (κ3) is 4.11. The molecule has 1 saturated heterocycles. The molecule has 2 rings (SSSR count). The molecule has 0 bridgehead atoms. The molecule has 4 nitrogen and oxygen atoms in total. The summed E-state index contributed by atoms with van der Waals surface area (Å²) in [6.45, 7) is 6.04. The van der Waals surface area contributed by atoms with Gasteiger partial charge in [-0.1, -0.05) is 23.7 Å². The molecule has 1 fully saturated rings. The van der Waals surface area contributed by atoms with Crippen LogP contribution < -0.4 is 5.32 Å². The third-order valence-electron chi connectivity index (χ3n) is 4.06. The van der Waals surface area contributed by atoms with Crippen molar-refractivity contribution >= 4 is 17.7 Å². The molecule has 0 unspecified atom stereocenters. The summed E-state index contributed by atoms with van der Waals surface area (Å²) in [5, 5.41) is 14.5. The van der Waals surface area contributed by atoms with Crippen LogP contribution in [0.3, 0.4) is 0 Å². The number of carboxylic acid groups (broad SMARTS) is 1. The molecule has 115 valence electrons. The largest absolute Gasteiger partial charge is 0.465 e. The predicted molar refractivity (Wildman–Crippen MR) is 84.3 cm³/mol. The van der Waals surface area contributed by atoms with Crippen LogP contribution in [0, 0.1) is 13.8 Å². The molecular formula is C16H22ClN2O2. The predicted octanol–water partition coefficient (Wildman–Crippen LogP) is 3.25. The summed E-state index contributed by atoms with van der Waals surface area (Å²) in [5.74, 6) is 0. The number of hydrogen-bond donors (Lipinski definition) is 1. The Morgan fingerprint density at radius 2 is 1.90 bits per heavy atom. The van der Waals surface area contributed by atoms with Crippen molar-refractivity contribution in [2.45, 2.75) is 39.2 Å². The molecule has 0 aliphatic carbocycles. The number of piperidine rings is 1. The van der Waals surface area contributed by atoms with E-state index in [2.05, 4.69) is 5.32 Å². The molecule has 1 N–H and O–H groups in total. The summed E-state index contributed by atoms with van der Waals surface area (Å²) in [6.07, 6.45) is 1.57. The van der Waals surface area contributed by atoms with E-state index in [0.717, 1.165) is 54.1 Å². The van der Waals surface area contributed by atoms with E-state index < -0.39 is 6.09 Å². The van der Waals surface area contributed by atoms with Crippen LogP contribution in [0.15, 0.2) is 12.1 Å². The summed E-state index contributed by atoms with van der Waals surface area (Å²) in [4.78, 5) is 13.1. The molecule has 1 radical (unpaired) electrons. The van der Waals surface area contributed by atoms with E-state index in [1.165, 1.54) is 0 Å². The van der Waals surface area contributed by atoms with E-state index >= 15 is 0 Å². The Morgan fingerprint density at radius 1 is 1.33 bits per heavy atom. The molecule has 1 amide bonds. The molecule has 0 saturated carbocycles. The number of amides is 1. The fourth-order valence-electron chi connectivity index (χ4n) is 2.91. The zero-order valence-corrected chi connectivity index (χ0v) is 13.4. The number of halogens is 1. The molecule has 1 aromatic rings. The SMILES string of the molecule is Cc1cc(CCN(C(=O)O)C2CC[N]CC2)cc(C)c1Cl. The van der Waals surface area contributed by atoms with Gasteiger partial charge in [-0.3, -0.25) is 0 Å². The Labute approximate surface area is 131 Å². The minimum atomic E-state index is -0.829. The van der Waals surface area contributed by atoms with Gasteiger partial charge in [-0.2, -0.15) is 0 Å². The van der Waals surface area contributed by atoms with Crippen molar-refractivity contribution in [3.05, 3.63) is 33.8 Å². The lowest BCUT2D eigenvalue weighted by atomic mass is 10.0. The van der Waals surface area contributed by atoms with Crippen molar-refractivity contribution in [1.29, 1.82) is 0 Å². The zero-order valence-electron chi connectivity index (χ0n) is 12.6. The Balaban J connectivity index is 2.03. The number of benzene rings is 1. The fraction of sp³-hybridized carbons (Fsp3) is 0.562. The first kappa shape index (κ1) is 16.1. The summed E-state index contributed by atoms with van der Waals surface area (Å²) in [6, 6.07) is 4.20. The van der Waals surface area contributed by atoms with E-state index in [4.69, 9.17) is 11.6 Å². The maximum Gasteiger partial charge on any atom is 0.407 e. The van der Waals surface area contributed by atoms with Gasteiger partial charge in [0.25, 0.3) is 0 Å². The summed E-state index contributed by atoms with van der Waals surface area (Å²) < 4.78 is 0. The minimum Gasteiger partial charge on any atom is -0.465 e. The number of rotatable bonds is 4. The van der Waals surface area contributed by atoms with Gasteiger partial charge in [0, 0.05) is 30.7 Å². The van der Waals surface area contributed by atoms with Gasteiger partial charge in [-0.15, -0.1) is 0 Å². The molecule has 1 heterocycles. The van der Waals surface area contributed by atoms with Crippen molar-refractivity contribution in [3.63, 3.8) is 0 Å². The van der Waals surface area contributed by atoms with Crippen molar-refractivity contribution in [3.8, 4) is 0 Å². The van der Waals surface area contributed by atoms with E-state index in [1.54, 1.807) is 4.90 Å². The molecule has 1 aliphatic heterocycles. The quantitative estimate of drug-likeness (QED) is 0.928. The lowest BCUT2D eigenvalue weighted by molar-refractivity contribution is 0.114. The first-order chi connectivity index (χ1) is 9.99. The smallest absolute Gasteiger partial charge is 0.407 e. The molecule has 0 aromatic heterocycles. The number of carbonyl (C=O) groups is 1. The summed E-state index contributed by atoms with van der Waals surface area (Å²) >= 11 is 6.17. The minimum absolute atomic E-state index is 0.106. The molecular weight excluding hydrogens is 288 g/mol. The second-order valence-electron chi connectivity index (χ2n) is 5.67. The van der Waals surface area contributed by atoms with Crippen molar-refractivity contribution in [2.24, 2.45) is 0 Å². The molecule has 5 heteroatoms. The lowest BCUT2D eigenvalue weighted by Gasteiger charge is -2.32. The van der Waals surface area contributed by atoms with Crippen molar-refractivity contribution in [1.82, 2.24) is 10.2 Å². The average Bonchev–Trinajstić information content (AvgIpc) is 2.45. The molecule has 21 heavy (non-hydrogen) atoms. The maximum absolute atomic E-state index is 11.5. The second-order valence-corrected chi connectivity index (χ2v) is 6.05. The molecule has 0 atom stereocenters. The highest BCUT2D eigenvalue weighted by atomic mass is 35.5. The van der Waals surface area contributed by atoms with Crippen LogP contribution in [0.2, 0.25) is 5.02 Å². The summed E-state index contributed by atoms with van der Waals surface area (Å²) in [7, 11) is 0. The number of hydrogen-bond acceptors (Lipinski definition) is 1. The van der Waals surface area contributed by atoms with E-state index in [1.807, 2.05) is 26.0 Å². The van der Waals surface area contributed by atoms with Crippen molar-refractivity contribution in [2.75, 3.05) is 19.6 Å². The van der Waals surface area contributed by atoms with Gasteiger partial charge in [0.05, 0.1) is 0 Å². The molecule has 1 aromatic carbocycles. The van der Waals surface area contributed by atoms with Crippen LogP contribution >= 0.6 is 11.6 Å². The van der Waals surface area contributed by atoms with Gasteiger partial charge in [0.1, 0.15) is 0 Å². The van der Waals surface area contributed by atoms with Gasteiger partial charge in [-0.25, -0.2) is 10.1 Å². The van der Waals surface area contributed by atoms with Crippen LogP contribution in [0.25, 0.3) is 0 Å². The Morgan fingerprint density at radius 3 is 2.43 bits per heavy atom. The van der Waals surface area contributed by atoms with Crippen LogP contribution in [0.4, 0.5) is 4.79 Å². The van der Waals surface area contributed by atoms with Gasteiger partial charge in [0.2, 0.25) is 0 Å². The van der Waals surface area contributed by atoms with E-state index in [0.29, 0.717) is 6.54 Å². The normalized spacial score (nSPS) is 16.0. The van der Waals surface area contributed by atoms with Crippen LogP contribution in [-0.4, -0.2) is 41.8 Å². The van der Waals surface area contributed by atoms with Crippen LogP contribution in [0.1, 0.15) is 29.5 Å². The first-order valence-electron chi connectivity index (χ1n) is 7.37. The molecule has 1 aliphatic rings. The van der Waals surface area contributed by atoms with Gasteiger partial charge < -0.3 is 10.0 Å². The third-order valence-corrected chi connectivity index (χ3v) is 4.66. The number of aryl methyl sites for hydroxylation is 2. The Kier molecular flexibility index (Phi) is 5.48. The zero-order chi connectivity index (χ0) is 15.4. The average molecular weight is 310 g/mol. The highest BCUT2D eigenvalue weighted by Gasteiger charge is 2.25. The second kappa shape index (κ2) is 7.14. The number of nitrogens with zero attached hydrogens (tertiary/aromatic N) is 2. The standard InChI is InChI=1S/C16H22ClN2O2/c1-11-9-13(10-12(2)15(11)17)5-8-19(16(20)21)14-3-6-18-7-4-14/h9-10,14H,3-8H2,1-2H3,(H,20,21). The van der Waals surface area contributed by atoms with Gasteiger partial charge in [-0.05, 0) is 49.8 Å². The van der Waals surface area contributed by atoms with Gasteiger partial charge >= 0.3 is 6.09 Å². The van der Waals surface area contributed by atoms with E-state index in [-0.39, 0.29) is 6.04 Å². The van der Waals surface area contributed by atoms with Crippen LogP contribution in [-0.2, 0) is 6.42 Å². The lowest BCUT2D eigenvalue weighted by Crippen LogP contribution is -2.45. The fourth-order valence-corrected chi connectivity index (χ4v) is 3.02. The highest BCUT2D eigenvalue weighted by Crippen LogP contribution is 2.22. The maximum atomic E-state index is 11.5. The topological polar surface area (TPSA) is 54.6 Å². The Hall–Kier alpha value is -1.26. The molecule has 0 spiro atoms. The highest BCUT2D eigenvalue weighted by molar-refractivity contribution is 6.32. The first-order valence-corrected chi connectivity index (χ1v) is 7.75. The van der Waals surface area contributed by atoms with E-state index in [9.17, 15) is 9.90 Å². The monoisotopic (exact) mass is 309 g/mol. The summed E-state index contributed by atoms with van der Waals surface area (Å²) in [5.41, 5.74) is 3.23. The van der Waals surface area contributed by atoms with Gasteiger partial charge in [0.15, 0.2) is 0 Å². The Bertz CT molecular complexity index is 490.